The van der Waals surface area contributed by atoms with Gasteiger partial charge in [-0.15, -0.1) is 11.8 Å². The minimum Gasteiger partial charge on any atom is -0.248 e. The van der Waals surface area contributed by atoms with Gasteiger partial charge in [0.2, 0.25) is 0 Å². The highest BCUT2D eigenvalue weighted by Crippen LogP contribution is 2.27. The van der Waals surface area contributed by atoms with Crippen molar-refractivity contribution in [2.45, 2.75) is 10.8 Å². The Bertz CT molecular complexity index is 474. The molecule has 0 aliphatic heterocycles. The van der Waals surface area contributed by atoms with E-state index < -0.39 is 0 Å². The van der Waals surface area contributed by atoms with Crippen LogP contribution >= 0.6 is 35.0 Å². The second-order valence-corrected chi connectivity index (χ2v) is 4.83. The number of hydrogen-bond acceptors (Lipinski definition) is 3. The number of halogens is 2. The largest absolute Gasteiger partial charge is 0.248 e. The molecule has 0 unspecified atom stereocenters. The molecule has 2 aromatic heterocycles. The van der Waals surface area contributed by atoms with Crippen LogP contribution in [0.3, 0.4) is 0 Å². The van der Waals surface area contributed by atoms with Crippen LogP contribution in [0, 0.1) is 0 Å². The van der Waals surface area contributed by atoms with Crippen LogP contribution < -0.4 is 0 Å². The monoisotopic (exact) mass is 270 g/mol. The molecule has 0 N–H and O–H groups in total. The minimum absolute atomic E-state index is 0.504. The number of pyridine rings is 2. The van der Waals surface area contributed by atoms with Gasteiger partial charge in [-0.3, -0.25) is 0 Å². The van der Waals surface area contributed by atoms with Crippen molar-refractivity contribution in [1.29, 1.82) is 0 Å². The summed E-state index contributed by atoms with van der Waals surface area (Å²) >= 11 is 13.3. The standard InChI is InChI=1S/C11H8Cl2N2S/c12-9-2-1-5-14-11(9)16-7-8-3-4-10(13)15-6-8/h1-6H,7H2. The molecule has 16 heavy (non-hydrogen) atoms. The van der Waals surface area contributed by atoms with E-state index in [4.69, 9.17) is 23.2 Å². The number of rotatable bonds is 3. The van der Waals surface area contributed by atoms with Gasteiger partial charge in [0.05, 0.1) is 5.02 Å². The quantitative estimate of drug-likeness (QED) is 0.621. The Morgan fingerprint density at radius 2 is 2.00 bits per heavy atom. The van der Waals surface area contributed by atoms with E-state index in [-0.39, 0.29) is 0 Å². The van der Waals surface area contributed by atoms with Crippen molar-refractivity contribution in [3.8, 4) is 0 Å². The Morgan fingerprint density at radius 1 is 1.12 bits per heavy atom. The average molecular weight is 271 g/mol. The van der Waals surface area contributed by atoms with Crippen molar-refractivity contribution in [3.63, 3.8) is 0 Å². The lowest BCUT2D eigenvalue weighted by molar-refractivity contribution is 1.13. The molecule has 0 aliphatic carbocycles. The van der Waals surface area contributed by atoms with Crippen LogP contribution in [0.15, 0.2) is 41.7 Å². The van der Waals surface area contributed by atoms with Crippen molar-refractivity contribution in [3.05, 3.63) is 52.4 Å². The zero-order valence-electron chi connectivity index (χ0n) is 8.23. The molecule has 5 heteroatoms. The average Bonchev–Trinajstić information content (AvgIpc) is 2.30. The predicted molar refractivity (Wildman–Crippen MR) is 68.1 cm³/mol. The zero-order valence-corrected chi connectivity index (χ0v) is 10.6. The van der Waals surface area contributed by atoms with Gasteiger partial charge in [0.1, 0.15) is 10.2 Å². The zero-order chi connectivity index (χ0) is 11.4. The lowest BCUT2D eigenvalue weighted by Gasteiger charge is -2.02. The fourth-order valence-corrected chi connectivity index (χ4v) is 2.33. The molecule has 0 fully saturated rings. The van der Waals surface area contributed by atoms with E-state index in [1.54, 1.807) is 30.2 Å². The van der Waals surface area contributed by atoms with Crippen LogP contribution in [-0.4, -0.2) is 9.97 Å². The van der Waals surface area contributed by atoms with E-state index >= 15 is 0 Å². The Labute approximate surface area is 108 Å². The molecule has 2 nitrogen and oxygen atoms in total. The molecular formula is C11H8Cl2N2S. The summed E-state index contributed by atoms with van der Waals surface area (Å²) < 4.78 is 0. The molecule has 0 saturated heterocycles. The van der Waals surface area contributed by atoms with Crippen molar-refractivity contribution in [1.82, 2.24) is 9.97 Å². The van der Waals surface area contributed by atoms with Gasteiger partial charge in [-0.1, -0.05) is 29.3 Å². The summed E-state index contributed by atoms with van der Waals surface area (Å²) in [4.78, 5) is 8.21. The molecule has 0 amide bonds. The number of aromatic nitrogens is 2. The van der Waals surface area contributed by atoms with E-state index in [1.165, 1.54) is 0 Å². The first kappa shape index (κ1) is 11.7. The van der Waals surface area contributed by atoms with Crippen LogP contribution in [0.4, 0.5) is 0 Å². The second kappa shape index (κ2) is 5.53. The predicted octanol–water partition coefficient (Wildman–Crippen LogP) is 4.08. The van der Waals surface area contributed by atoms with E-state index in [1.807, 2.05) is 18.2 Å². The summed E-state index contributed by atoms with van der Waals surface area (Å²) in [7, 11) is 0. The van der Waals surface area contributed by atoms with Crippen LogP contribution in [0.5, 0.6) is 0 Å². The summed E-state index contributed by atoms with van der Waals surface area (Å²) in [5, 5.41) is 2.01. The van der Waals surface area contributed by atoms with Crippen molar-refractivity contribution < 1.29 is 0 Å². The molecule has 2 rings (SSSR count). The van der Waals surface area contributed by atoms with Crippen LogP contribution in [-0.2, 0) is 5.75 Å². The number of thioether (sulfide) groups is 1. The van der Waals surface area contributed by atoms with Gasteiger partial charge in [0.15, 0.2) is 0 Å². The fourth-order valence-electron chi connectivity index (χ4n) is 1.12. The number of nitrogens with zero attached hydrogens (tertiary/aromatic N) is 2. The first-order chi connectivity index (χ1) is 7.75. The normalized spacial score (nSPS) is 10.4. The van der Waals surface area contributed by atoms with E-state index in [0.717, 1.165) is 16.3 Å². The third-order valence-corrected chi connectivity index (χ3v) is 3.61. The molecule has 0 aromatic carbocycles. The van der Waals surface area contributed by atoms with Crippen LogP contribution in [0.25, 0.3) is 0 Å². The molecule has 0 bridgehead atoms. The van der Waals surface area contributed by atoms with Gasteiger partial charge in [0.25, 0.3) is 0 Å². The summed E-state index contributed by atoms with van der Waals surface area (Å²) in [6, 6.07) is 7.36. The molecular weight excluding hydrogens is 263 g/mol. The molecule has 0 radical (unpaired) electrons. The van der Waals surface area contributed by atoms with Gasteiger partial charge < -0.3 is 0 Å². The van der Waals surface area contributed by atoms with Crippen LogP contribution in [0.2, 0.25) is 10.2 Å². The van der Waals surface area contributed by atoms with Gasteiger partial charge in [0, 0.05) is 18.1 Å². The van der Waals surface area contributed by atoms with E-state index in [2.05, 4.69) is 9.97 Å². The molecule has 2 heterocycles. The molecule has 82 valence electrons. The van der Waals surface area contributed by atoms with Crippen molar-refractivity contribution in [2.24, 2.45) is 0 Å². The highest BCUT2D eigenvalue weighted by molar-refractivity contribution is 7.98. The second-order valence-electron chi connectivity index (χ2n) is 3.07. The highest BCUT2D eigenvalue weighted by atomic mass is 35.5. The summed E-state index contributed by atoms with van der Waals surface area (Å²) in [6.07, 6.45) is 3.49. The Morgan fingerprint density at radius 3 is 2.69 bits per heavy atom. The van der Waals surface area contributed by atoms with E-state index in [0.29, 0.717) is 10.2 Å². The third-order valence-electron chi connectivity index (χ3n) is 1.89. The maximum atomic E-state index is 6.00. The van der Waals surface area contributed by atoms with Gasteiger partial charge in [-0.05, 0) is 23.8 Å². The molecule has 0 spiro atoms. The van der Waals surface area contributed by atoms with Gasteiger partial charge in [-0.2, -0.15) is 0 Å². The van der Waals surface area contributed by atoms with Gasteiger partial charge in [-0.25, -0.2) is 9.97 Å². The summed E-state index contributed by atoms with van der Waals surface area (Å²) in [5.41, 5.74) is 1.09. The maximum Gasteiger partial charge on any atom is 0.129 e. The molecule has 2 aromatic rings. The Balaban J connectivity index is 2.02. The molecule has 0 atom stereocenters. The minimum atomic E-state index is 0.504. The third kappa shape index (κ3) is 3.11. The van der Waals surface area contributed by atoms with Crippen LogP contribution in [0.1, 0.15) is 5.56 Å². The van der Waals surface area contributed by atoms with Crippen molar-refractivity contribution in [2.75, 3.05) is 0 Å². The SMILES string of the molecule is Clc1ccc(CSc2ncccc2Cl)cn1. The fraction of sp³-hybridized carbons (Fsp3) is 0.0909. The molecule has 0 aliphatic rings. The van der Waals surface area contributed by atoms with E-state index in [9.17, 15) is 0 Å². The smallest absolute Gasteiger partial charge is 0.129 e. The number of hydrogen-bond donors (Lipinski definition) is 0. The van der Waals surface area contributed by atoms with Gasteiger partial charge >= 0.3 is 0 Å². The van der Waals surface area contributed by atoms with Crippen molar-refractivity contribution >= 4 is 35.0 Å². The summed E-state index contributed by atoms with van der Waals surface area (Å²) in [5.74, 6) is 0.779. The Hall–Kier alpha value is -0.770. The topological polar surface area (TPSA) is 25.8 Å². The lowest BCUT2D eigenvalue weighted by atomic mass is 10.3. The first-order valence-electron chi connectivity index (χ1n) is 4.59. The lowest BCUT2D eigenvalue weighted by Crippen LogP contribution is -1.85. The maximum absolute atomic E-state index is 6.00. The first-order valence-corrected chi connectivity index (χ1v) is 6.33. The Kier molecular flexibility index (Phi) is 4.04. The summed E-state index contributed by atoms with van der Waals surface area (Å²) in [6.45, 7) is 0. The highest BCUT2D eigenvalue weighted by Gasteiger charge is 2.02. The molecule has 0 saturated carbocycles.